The Bertz CT molecular complexity index is 1020. The fourth-order valence-electron chi connectivity index (χ4n) is 3.61. The lowest BCUT2D eigenvalue weighted by molar-refractivity contribution is -0.600. The third-order valence-electron chi connectivity index (χ3n) is 5.17. The number of hydrogen-bond donors (Lipinski definition) is 1. The maximum Gasteiger partial charge on any atom is 0.328 e. The number of fused-ring (bicyclic) bond motifs is 1. The molecule has 1 amide bonds. The van der Waals surface area contributed by atoms with E-state index >= 15 is 0 Å². The highest BCUT2D eigenvalue weighted by molar-refractivity contribution is 5.95. The Morgan fingerprint density at radius 1 is 1.25 bits per heavy atom. The normalized spacial score (nSPS) is 14.3. The molecule has 8 heteroatoms. The number of carbonyl (C=O) groups excluding carboxylic acids is 1. The van der Waals surface area contributed by atoms with Crippen molar-refractivity contribution in [3.05, 3.63) is 57.5 Å². The number of benzene rings is 1. The van der Waals surface area contributed by atoms with Crippen LogP contribution >= 0.6 is 0 Å². The van der Waals surface area contributed by atoms with E-state index in [1.807, 2.05) is 31.2 Å². The summed E-state index contributed by atoms with van der Waals surface area (Å²) >= 11 is 0. The van der Waals surface area contributed by atoms with Crippen molar-refractivity contribution in [1.82, 2.24) is 14.5 Å². The molecule has 1 fully saturated rings. The van der Waals surface area contributed by atoms with Crippen molar-refractivity contribution in [3.63, 3.8) is 0 Å². The highest BCUT2D eigenvalue weighted by Gasteiger charge is 2.28. The van der Waals surface area contributed by atoms with Gasteiger partial charge in [-0.05, 0) is 35.5 Å². The number of carbonyl (C=O) groups is 1. The van der Waals surface area contributed by atoms with Crippen molar-refractivity contribution in [2.75, 3.05) is 11.4 Å². The molecule has 3 aliphatic heterocycles. The lowest BCUT2D eigenvalue weighted by Crippen LogP contribution is -2.33. The first-order valence-electron chi connectivity index (χ1n) is 9.68. The van der Waals surface area contributed by atoms with E-state index in [0.717, 1.165) is 41.8 Å². The van der Waals surface area contributed by atoms with Crippen molar-refractivity contribution < 1.29 is 9.52 Å². The van der Waals surface area contributed by atoms with Gasteiger partial charge in [-0.3, -0.25) is 9.36 Å². The molecule has 28 heavy (non-hydrogen) atoms. The number of imidazole rings is 1. The van der Waals surface area contributed by atoms with Gasteiger partial charge in [0.2, 0.25) is 11.6 Å². The summed E-state index contributed by atoms with van der Waals surface area (Å²) in [4.78, 5) is 32.9. The van der Waals surface area contributed by atoms with Crippen LogP contribution in [0, 0.1) is 5.21 Å². The van der Waals surface area contributed by atoms with Crippen LogP contribution in [0.1, 0.15) is 44.0 Å². The van der Waals surface area contributed by atoms with Gasteiger partial charge in [-0.1, -0.05) is 25.5 Å². The average molecular weight is 381 g/mol. The second-order valence-corrected chi connectivity index (χ2v) is 7.12. The molecule has 0 aliphatic carbocycles. The summed E-state index contributed by atoms with van der Waals surface area (Å²) in [7, 11) is 0. The number of anilines is 1. The van der Waals surface area contributed by atoms with Crippen molar-refractivity contribution >= 4 is 11.6 Å². The summed E-state index contributed by atoms with van der Waals surface area (Å²) in [5.41, 5.74) is 1.91. The highest BCUT2D eigenvalue weighted by Crippen LogP contribution is 2.23. The molecule has 3 aliphatic rings. The first-order valence-corrected chi connectivity index (χ1v) is 9.68. The van der Waals surface area contributed by atoms with Crippen LogP contribution in [-0.4, -0.2) is 27.0 Å². The molecule has 0 atom stereocenters. The van der Waals surface area contributed by atoms with Crippen molar-refractivity contribution in [3.8, 4) is 11.5 Å². The maximum absolute atomic E-state index is 12.7. The summed E-state index contributed by atoms with van der Waals surface area (Å²) in [5, 5.41) is 12.7. The predicted molar refractivity (Wildman–Crippen MR) is 104 cm³/mol. The van der Waals surface area contributed by atoms with E-state index in [-0.39, 0.29) is 11.6 Å². The van der Waals surface area contributed by atoms with E-state index in [9.17, 15) is 14.8 Å². The van der Waals surface area contributed by atoms with Gasteiger partial charge in [0.15, 0.2) is 0 Å². The lowest BCUT2D eigenvalue weighted by atomic mass is 10.1. The van der Waals surface area contributed by atoms with E-state index in [1.165, 1.54) is 10.8 Å². The summed E-state index contributed by atoms with van der Waals surface area (Å²) < 4.78 is 2.31. The second-order valence-electron chi connectivity index (χ2n) is 7.12. The van der Waals surface area contributed by atoms with Crippen molar-refractivity contribution in [2.24, 2.45) is 0 Å². The molecule has 1 N–H and O–H groups in total. The minimum Gasteiger partial charge on any atom is -0.710 e. The van der Waals surface area contributed by atoms with Crippen LogP contribution < -0.4 is 15.3 Å². The molecule has 0 aromatic heterocycles. The first kappa shape index (κ1) is 18.2. The molecule has 0 radical (unpaired) electrons. The Balaban J connectivity index is 1.61. The predicted octanol–water partition coefficient (Wildman–Crippen LogP) is 1.83. The maximum atomic E-state index is 12.7. The molecule has 4 rings (SSSR count). The fourth-order valence-corrected chi connectivity index (χ4v) is 3.61. The first-order chi connectivity index (χ1) is 13.6. The van der Waals surface area contributed by atoms with E-state index in [2.05, 4.69) is 9.97 Å². The smallest absolute Gasteiger partial charge is 0.328 e. The number of aromatic amines is 1. The van der Waals surface area contributed by atoms with Gasteiger partial charge in [-0.2, -0.15) is 0 Å². The number of amides is 1. The molecule has 0 bridgehead atoms. The molecule has 0 spiro atoms. The topological polar surface area (TPSA) is 97.9 Å². The summed E-state index contributed by atoms with van der Waals surface area (Å²) in [6, 6.07) is 7.63. The Morgan fingerprint density at radius 3 is 2.71 bits per heavy atom. The van der Waals surface area contributed by atoms with Gasteiger partial charge in [-0.25, -0.2) is 9.52 Å². The molecular formula is C20H23N5O3. The second kappa shape index (κ2) is 7.46. The third-order valence-corrected chi connectivity index (χ3v) is 5.17. The Morgan fingerprint density at radius 2 is 2.04 bits per heavy atom. The van der Waals surface area contributed by atoms with Gasteiger partial charge in [0.1, 0.15) is 0 Å². The van der Waals surface area contributed by atoms with Crippen LogP contribution in [0.15, 0.2) is 35.3 Å². The van der Waals surface area contributed by atoms with Crippen LogP contribution in [-0.2, 0) is 17.8 Å². The SMILES string of the molecule is CCCCn1c2nc(Cc3ccc(N4CCCC4=O)cc3)[n+]([O-])c-2c[nH]c1=O. The van der Waals surface area contributed by atoms with Crippen LogP contribution in [0.5, 0.6) is 0 Å². The quantitative estimate of drug-likeness (QED) is 0.520. The number of hydrogen-bond acceptors (Lipinski definition) is 4. The number of rotatable bonds is 6. The number of nitrogens with zero attached hydrogens (tertiary/aromatic N) is 4. The molecule has 3 heterocycles. The van der Waals surface area contributed by atoms with E-state index in [0.29, 0.717) is 36.7 Å². The highest BCUT2D eigenvalue weighted by atomic mass is 16.5. The van der Waals surface area contributed by atoms with Crippen LogP contribution in [0.4, 0.5) is 5.69 Å². The zero-order valence-electron chi connectivity index (χ0n) is 15.9. The number of unbranched alkanes of at least 4 members (excludes halogenated alkanes) is 1. The van der Waals surface area contributed by atoms with Crippen molar-refractivity contribution in [1.29, 1.82) is 0 Å². The standard InChI is InChI=1S/C20H23N5O3/c1-2-3-10-24-19-16(13-21-20(24)27)25(28)17(22-19)12-14-6-8-15(9-7-14)23-11-4-5-18(23)26/h6-9,13H,2-5,10-12H2,1H3,(H,21,27). The summed E-state index contributed by atoms with van der Waals surface area (Å²) in [6.07, 6.45) is 5.04. The third kappa shape index (κ3) is 3.26. The molecule has 1 aromatic carbocycles. The monoisotopic (exact) mass is 381 g/mol. The van der Waals surface area contributed by atoms with Gasteiger partial charge >= 0.3 is 11.5 Å². The van der Waals surface area contributed by atoms with Gasteiger partial charge in [0.05, 0.1) is 12.6 Å². The molecule has 146 valence electrons. The average Bonchev–Trinajstić information content (AvgIpc) is 3.25. The zero-order valence-corrected chi connectivity index (χ0v) is 15.9. The zero-order chi connectivity index (χ0) is 19.7. The minimum absolute atomic E-state index is 0.149. The van der Waals surface area contributed by atoms with Crippen LogP contribution in [0.2, 0.25) is 0 Å². The largest absolute Gasteiger partial charge is 0.710 e. The van der Waals surface area contributed by atoms with E-state index in [4.69, 9.17) is 0 Å². The number of aromatic nitrogens is 4. The van der Waals surface area contributed by atoms with Crippen LogP contribution in [0.3, 0.4) is 0 Å². The minimum atomic E-state index is -0.259. The number of nitrogens with one attached hydrogen (secondary N) is 1. The van der Waals surface area contributed by atoms with E-state index < -0.39 is 0 Å². The molecule has 0 saturated carbocycles. The molecular weight excluding hydrogens is 358 g/mol. The molecule has 0 unspecified atom stereocenters. The fraction of sp³-hybridized carbons (Fsp3) is 0.400. The summed E-state index contributed by atoms with van der Waals surface area (Å²) in [6.45, 7) is 3.32. The van der Waals surface area contributed by atoms with Gasteiger partial charge in [0.25, 0.3) is 5.82 Å². The van der Waals surface area contributed by atoms with Crippen molar-refractivity contribution in [2.45, 2.75) is 45.6 Å². The van der Waals surface area contributed by atoms with Gasteiger partial charge in [-0.15, -0.1) is 0 Å². The Hall–Kier alpha value is -3.16. The van der Waals surface area contributed by atoms with E-state index in [1.54, 1.807) is 4.90 Å². The number of H-pyrrole nitrogens is 1. The van der Waals surface area contributed by atoms with Crippen LogP contribution in [0.25, 0.3) is 11.5 Å². The lowest BCUT2D eigenvalue weighted by Gasteiger charge is -2.15. The molecule has 1 aromatic rings. The Labute approximate surface area is 162 Å². The van der Waals surface area contributed by atoms with Gasteiger partial charge in [0, 0.05) is 25.2 Å². The molecule has 1 saturated heterocycles. The Kier molecular flexibility index (Phi) is 4.85. The molecule has 8 nitrogen and oxygen atoms in total. The summed E-state index contributed by atoms with van der Waals surface area (Å²) in [5.74, 6) is 0.918. The van der Waals surface area contributed by atoms with Gasteiger partial charge < -0.3 is 15.1 Å².